The van der Waals surface area contributed by atoms with E-state index in [0.29, 0.717) is 13.3 Å². The van der Waals surface area contributed by atoms with Crippen molar-refractivity contribution in [2.75, 3.05) is 25.5 Å². The van der Waals surface area contributed by atoms with Gasteiger partial charge >= 0.3 is 0 Å². The van der Waals surface area contributed by atoms with Crippen molar-refractivity contribution >= 4 is 44.6 Å². The molecule has 0 fully saturated rings. The Labute approximate surface area is 160 Å². The first kappa shape index (κ1) is 19.4. The van der Waals surface area contributed by atoms with Gasteiger partial charge in [-0.05, 0) is 64.3 Å². The summed E-state index contributed by atoms with van der Waals surface area (Å²) in [5.41, 5.74) is -0.0259. The first-order chi connectivity index (χ1) is 11.2. The van der Waals surface area contributed by atoms with Crippen LogP contribution in [0.4, 0.5) is 5.13 Å². The zero-order valence-corrected chi connectivity index (χ0v) is 17.6. The van der Waals surface area contributed by atoms with Crippen molar-refractivity contribution < 1.29 is 4.74 Å². The Balaban J connectivity index is 1.82. The number of rotatable bonds is 7. The van der Waals surface area contributed by atoms with Crippen LogP contribution in [0.25, 0.3) is 0 Å². The van der Waals surface area contributed by atoms with Gasteiger partial charge in [-0.3, -0.25) is 4.90 Å². The zero-order chi connectivity index (χ0) is 17.7. The number of nitrogens with zero attached hydrogens (tertiary/aromatic N) is 3. The SMILES string of the molecule is CN(CCOc1ccc(Br)cc1)Cn1nc(NC(C)(C)C)sc1=S. The maximum absolute atomic E-state index is 5.74. The van der Waals surface area contributed by atoms with Crippen molar-refractivity contribution in [3.05, 3.63) is 32.7 Å². The molecule has 0 aliphatic heterocycles. The van der Waals surface area contributed by atoms with E-state index in [1.165, 1.54) is 11.3 Å². The first-order valence-electron chi connectivity index (χ1n) is 7.66. The van der Waals surface area contributed by atoms with E-state index in [4.69, 9.17) is 17.0 Å². The van der Waals surface area contributed by atoms with E-state index in [1.807, 2.05) is 36.0 Å². The van der Waals surface area contributed by atoms with Crippen molar-refractivity contribution in [2.24, 2.45) is 0 Å². The predicted molar refractivity (Wildman–Crippen MR) is 107 cm³/mol. The number of hydrogen-bond donors (Lipinski definition) is 1. The molecule has 5 nitrogen and oxygen atoms in total. The second kappa shape index (κ2) is 8.42. The highest BCUT2D eigenvalue weighted by molar-refractivity contribution is 9.10. The standard InChI is InChI=1S/C16H23BrN4OS2/c1-16(2,3)18-14-19-21(15(23)24-14)11-20(4)9-10-22-13-7-5-12(17)6-8-13/h5-8H,9-11H2,1-4H3,(H,18,19). The normalized spacial score (nSPS) is 11.8. The molecule has 0 saturated carbocycles. The van der Waals surface area contributed by atoms with Crippen molar-refractivity contribution in [1.29, 1.82) is 0 Å². The van der Waals surface area contributed by atoms with E-state index in [2.05, 4.69) is 52.0 Å². The van der Waals surface area contributed by atoms with E-state index in [1.54, 1.807) is 0 Å². The van der Waals surface area contributed by atoms with Crippen LogP contribution < -0.4 is 10.1 Å². The summed E-state index contributed by atoms with van der Waals surface area (Å²) in [6.07, 6.45) is 0. The molecule has 24 heavy (non-hydrogen) atoms. The Kier molecular flexibility index (Phi) is 6.79. The quantitative estimate of drug-likeness (QED) is 0.649. The molecule has 2 rings (SSSR count). The van der Waals surface area contributed by atoms with Crippen LogP contribution in [-0.2, 0) is 6.67 Å². The third-order valence-electron chi connectivity index (χ3n) is 3.02. The molecule has 0 bridgehead atoms. The molecule has 8 heteroatoms. The lowest BCUT2D eigenvalue weighted by Crippen LogP contribution is -2.28. The van der Waals surface area contributed by atoms with E-state index >= 15 is 0 Å². The van der Waals surface area contributed by atoms with Gasteiger partial charge in [-0.25, -0.2) is 4.68 Å². The van der Waals surface area contributed by atoms with Crippen LogP contribution in [0.2, 0.25) is 0 Å². The molecule has 0 atom stereocenters. The van der Waals surface area contributed by atoms with E-state index < -0.39 is 0 Å². The van der Waals surface area contributed by atoms with Crippen LogP contribution >= 0.6 is 39.5 Å². The number of ether oxygens (including phenoxy) is 1. The van der Waals surface area contributed by atoms with Gasteiger partial charge in [-0.15, -0.1) is 5.10 Å². The topological polar surface area (TPSA) is 42.3 Å². The molecule has 0 aliphatic carbocycles. The molecule has 1 heterocycles. The van der Waals surface area contributed by atoms with Gasteiger partial charge in [0.25, 0.3) is 0 Å². The average molecular weight is 431 g/mol. The Morgan fingerprint density at radius 1 is 1.33 bits per heavy atom. The van der Waals surface area contributed by atoms with Gasteiger partial charge in [0, 0.05) is 16.6 Å². The Hall–Kier alpha value is -0.960. The van der Waals surface area contributed by atoms with Crippen LogP contribution in [0, 0.1) is 3.95 Å². The summed E-state index contributed by atoms with van der Waals surface area (Å²) in [6, 6.07) is 7.84. The van der Waals surface area contributed by atoms with E-state index in [0.717, 1.165) is 25.9 Å². The minimum absolute atomic E-state index is 0.0259. The average Bonchev–Trinajstić information content (AvgIpc) is 2.78. The van der Waals surface area contributed by atoms with Gasteiger partial charge in [0.2, 0.25) is 5.13 Å². The summed E-state index contributed by atoms with van der Waals surface area (Å²) in [6.45, 7) is 8.36. The lowest BCUT2D eigenvalue weighted by molar-refractivity contribution is 0.198. The van der Waals surface area contributed by atoms with Gasteiger partial charge in [0.15, 0.2) is 3.95 Å². The summed E-state index contributed by atoms with van der Waals surface area (Å²) in [5.74, 6) is 0.869. The van der Waals surface area contributed by atoms with Crippen LogP contribution in [0.15, 0.2) is 28.7 Å². The van der Waals surface area contributed by atoms with Gasteiger partial charge in [-0.2, -0.15) is 0 Å². The minimum Gasteiger partial charge on any atom is -0.492 e. The third kappa shape index (κ3) is 6.51. The molecular weight excluding hydrogens is 408 g/mol. The molecule has 132 valence electrons. The summed E-state index contributed by atoms with van der Waals surface area (Å²) in [4.78, 5) is 2.13. The molecule has 1 aromatic carbocycles. The monoisotopic (exact) mass is 430 g/mol. The van der Waals surface area contributed by atoms with Crippen LogP contribution in [0.5, 0.6) is 5.75 Å². The Morgan fingerprint density at radius 3 is 2.62 bits per heavy atom. The van der Waals surface area contributed by atoms with Crippen LogP contribution in [-0.4, -0.2) is 40.4 Å². The number of halogens is 1. The van der Waals surface area contributed by atoms with E-state index in [9.17, 15) is 0 Å². The molecular formula is C16H23BrN4OS2. The maximum Gasteiger partial charge on any atom is 0.205 e. The van der Waals surface area contributed by atoms with Gasteiger partial charge in [0.1, 0.15) is 12.4 Å². The van der Waals surface area contributed by atoms with Crippen molar-refractivity contribution in [1.82, 2.24) is 14.7 Å². The van der Waals surface area contributed by atoms with Crippen molar-refractivity contribution in [2.45, 2.75) is 33.0 Å². The fraction of sp³-hybridized carbons (Fsp3) is 0.500. The molecule has 0 spiro atoms. The Bertz CT molecular complexity index is 706. The van der Waals surface area contributed by atoms with Crippen molar-refractivity contribution in [3.63, 3.8) is 0 Å². The number of benzene rings is 1. The number of nitrogens with one attached hydrogen (secondary N) is 1. The Morgan fingerprint density at radius 2 is 2.00 bits per heavy atom. The summed E-state index contributed by atoms with van der Waals surface area (Å²) in [5, 5.41) is 8.75. The molecule has 0 amide bonds. The smallest absolute Gasteiger partial charge is 0.205 e. The molecule has 2 aromatic rings. The first-order valence-corrected chi connectivity index (χ1v) is 9.68. The highest BCUT2D eigenvalue weighted by Crippen LogP contribution is 2.19. The maximum atomic E-state index is 5.74. The highest BCUT2D eigenvalue weighted by atomic mass is 79.9. The minimum atomic E-state index is -0.0259. The molecule has 0 aliphatic rings. The van der Waals surface area contributed by atoms with Gasteiger partial charge < -0.3 is 10.1 Å². The predicted octanol–water partition coefficient (Wildman–Crippen LogP) is 4.62. The lowest BCUT2D eigenvalue weighted by Gasteiger charge is -2.19. The third-order valence-corrected chi connectivity index (χ3v) is 4.77. The second-order valence-electron chi connectivity index (χ2n) is 6.57. The largest absolute Gasteiger partial charge is 0.492 e. The molecule has 1 N–H and O–H groups in total. The molecule has 0 saturated heterocycles. The molecule has 1 aromatic heterocycles. The fourth-order valence-corrected chi connectivity index (χ4v) is 3.38. The number of likely N-dealkylation sites (N-methyl/N-ethyl adjacent to an activating group) is 1. The van der Waals surface area contributed by atoms with Crippen molar-refractivity contribution in [3.8, 4) is 5.75 Å². The van der Waals surface area contributed by atoms with E-state index in [-0.39, 0.29) is 5.54 Å². The number of anilines is 1. The van der Waals surface area contributed by atoms with Gasteiger partial charge in [0.05, 0.1) is 6.67 Å². The number of aromatic nitrogens is 2. The fourth-order valence-electron chi connectivity index (χ4n) is 1.92. The highest BCUT2D eigenvalue weighted by Gasteiger charge is 2.13. The van der Waals surface area contributed by atoms with Gasteiger partial charge in [-0.1, -0.05) is 27.3 Å². The molecule has 0 radical (unpaired) electrons. The summed E-state index contributed by atoms with van der Waals surface area (Å²) < 4.78 is 9.40. The van der Waals surface area contributed by atoms with Crippen LogP contribution in [0.1, 0.15) is 20.8 Å². The zero-order valence-electron chi connectivity index (χ0n) is 14.4. The molecule has 0 unspecified atom stereocenters. The second-order valence-corrected chi connectivity index (χ2v) is 9.11. The number of hydrogen-bond acceptors (Lipinski definition) is 6. The van der Waals surface area contributed by atoms with Crippen LogP contribution in [0.3, 0.4) is 0 Å². The summed E-state index contributed by atoms with van der Waals surface area (Å²) >= 11 is 10.3. The summed E-state index contributed by atoms with van der Waals surface area (Å²) in [7, 11) is 2.03. The lowest BCUT2D eigenvalue weighted by atomic mass is 10.1.